The van der Waals surface area contributed by atoms with Crippen molar-refractivity contribution >= 4 is 9.84 Å². The average Bonchev–Trinajstić information content (AvgIpc) is 2.99. The molecular weight excluding hydrogens is 296 g/mol. The summed E-state index contributed by atoms with van der Waals surface area (Å²) < 4.78 is 26.4. The van der Waals surface area contributed by atoms with Crippen LogP contribution in [0.25, 0.3) is 0 Å². The van der Waals surface area contributed by atoms with Gasteiger partial charge in [-0.3, -0.25) is 0 Å². The molecule has 5 heteroatoms. The number of sulfone groups is 1. The van der Waals surface area contributed by atoms with E-state index >= 15 is 0 Å². The highest BCUT2D eigenvalue weighted by Gasteiger charge is 2.32. The zero-order valence-electron chi connectivity index (χ0n) is 12.9. The minimum atomic E-state index is -3.06. The highest BCUT2D eigenvalue weighted by Crippen LogP contribution is 2.39. The fourth-order valence-electron chi connectivity index (χ4n) is 3.47. The Hall–Kier alpha value is -1.62. The van der Waals surface area contributed by atoms with Crippen LogP contribution in [0.1, 0.15) is 35.6 Å². The lowest BCUT2D eigenvalue weighted by molar-refractivity contribution is 0.391. The second-order valence-corrected chi connectivity index (χ2v) is 8.49. The molecule has 0 saturated carbocycles. The summed E-state index contributed by atoms with van der Waals surface area (Å²) in [6.45, 7) is 0.946. The van der Waals surface area contributed by atoms with Crippen LogP contribution < -0.4 is 0 Å². The lowest BCUT2D eigenvalue weighted by Crippen LogP contribution is -2.24. The second kappa shape index (κ2) is 6.24. The molecule has 3 rings (SSSR count). The third kappa shape index (κ3) is 3.40. The number of benzene rings is 1. The number of hydrogen-bond donors (Lipinski definition) is 0. The summed E-state index contributed by atoms with van der Waals surface area (Å²) in [5.41, 5.74) is 2.22. The molecule has 1 aliphatic carbocycles. The summed E-state index contributed by atoms with van der Waals surface area (Å²) in [5.74, 6) is 0.443. The van der Waals surface area contributed by atoms with E-state index in [1.54, 1.807) is 6.20 Å². The van der Waals surface area contributed by atoms with Gasteiger partial charge in [0.15, 0.2) is 9.84 Å². The minimum absolute atomic E-state index is 0.337. The van der Waals surface area contributed by atoms with Crippen LogP contribution in [0.2, 0.25) is 0 Å². The number of imidazole rings is 1. The van der Waals surface area contributed by atoms with Gasteiger partial charge in [0.1, 0.15) is 0 Å². The fraction of sp³-hybridized carbons (Fsp3) is 0.471. The molecule has 1 aromatic carbocycles. The molecule has 0 fully saturated rings. The van der Waals surface area contributed by atoms with Gasteiger partial charge < -0.3 is 4.57 Å². The maximum absolute atomic E-state index is 12.1. The molecule has 2 aromatic rings. The van der Waals surface area contributed by atoms with Crippen molar-refractivity contribution < 1.29 is 8.42 Å². The largest absolute Gasteiger partial charge is 0.337 e. The molecule has 0 amide bonds. The van der Waals surface area contributed by atoms with Crippen LogP contribution in [0.15, 0.2) is 43.0 Å². The lowest BCUT2D eigenvalue weighted by atomic mass is 9.81. The summed E-state index contributed by atoms with van der Waals surface area (Å²) in [7, 11) is -3.06. The van der Waals surface area contributed by atoms with Crippen LogP contribution in [-0.2, 0) is 22.8 Å². The Bertz CT molecular complexity index is 723. The molecule has 4 nitrogen and oxygen atoms in total. The first-order chi connectivity index (χ1) is 10.5. The second-order valence-electron chi connectivity index (χ2n) is 6.27. The first-order valence-electron chi connectivity index (χ1n) is 7.76. The van der Waals surface area contributed by atoms with Gasteiger partial charge in [0.05, 0.1) is 11.6 Å². The van der Waals surface area contributed by atoms with Gasteiger partial charge in [-0.05, 0) is 42.7 Å². The first kappa shape index (κ1) is 15.3. The van der Waals surface area contributed by atoms with Crippen molar-refractivity contribution in [2.75, 3.05) is 6.26 Å². The van der Waals surface area contributed by atoms with Crippen molar-refractivity contribution in [3.63, 3.8) is 0 Å². The molecule has 0 spiro atoms. The van der Waals surface area contributed by atoms with Gasteiger partial charge in [-0.25, -0.2) is 13.4 Å². The maximum atomic E-state index is 12.1. The third-order valence-electron chi connectivity index (χ3n) is 4.56. The average molecular weight is 318 g/mol. The number of aromatic nitrogens is 2. The van der Waals surface area contributed by atoms with E-state index in [9.17, 15) is 8.42 Å². The maximum Gasteiger partial charge on any atom is 0.154 e. The molecule has 0 radical (unpaired) electrons. The molecule has 1 aromatic heterocycles. The third-order valence-corrected chi connectivity index (χ3v) is 6.04. The van der Waals surface area contributed by atoms with Crippen molar-refractivity contribution in [3.8, 4) is 0 Å². The molecule has 0 saturated heterocycles. The predicted octanol–water partition coefficient (Wildman–Crippen LogP) is 3.01. The topological polar surface area (TPSA) is 52.0 Å². The number of fused-ring (bicyclic) bond motifs is 1. The van der Waals surface area contributed by atoms with Crippen LogP contribution in [0, 0.1) is 5.92 Å². The highest BCUT2D eigenvalue weighted by molar-refractivity contribution is 7.90. The van der Waals surface area contributed by atoms with E-state index in [0.717, 1.165) is 37.8 Å². The molecule has 1 heterocycles. The zero-order chi connectivity index (χ0) is 15.6. The predicted molar refractivity (Wildman–Crippen MR) is 87.3 cm³/mol. The Morgan fingerprint density at radius 1 is 1.32 bits per heavy atom. The quantitative estimate of drug-likeness (QED) is 0.851. The molecule has 118 valence electrons. The molecular formula is C17H22N2O2S. The van der Waals surface area contributed by atoms with E-state index in [1.165, 1.54) is 11.8 Å². The van der Waals surface area contributed by atoms with Crippen molar-refractivity contribution in [1.82, 2.24) is 9.55 Å². The molecule has 1 unspecified atom stereocenters. The van der Waals surface area contributed by atoms with Crippen LogP contribution >= 0.6 is 0 Å². The van der Waals surface area contributed by atoms with Gasteiger partial charge in [-0.2, -0.15) is 0 Å². The zero-order valence-corrected chi connectivity index (χ0v) is 13.7. The lowest BCUT2D eigenvalue weighted by Gasteiger charge is -2.30. The fourth-order valence-corrected chi connectivity index (χ4v) is 4.78. The normalized spacial score (nSPS) is 21.5. The summed E-state index contributed by atoms with van der Waals surface area (Å²) in [6, 6.07) is 8.00. The van der Waals surface area contributed by atoms with Crippen LogP contribution in [-0.4, -0.2) is 24.2 Å². The SMILES string of the molecule is CS(=O)(=O)C1C[C@H](CCCn2ccnc2)Cc2ccccc21. The summed E-state index contributed by atoms with van der Waals surface area (Å²) >= 11 is 0. The number of nitrogens with zero attached hydrogens (tertiary/aromatic N) is 2. The van der Waals surface area contributed by atoms with E-state index in [0.29, 0.717) is 5.92 Å². The van der Waals surface area contributed by atoms with Crippen molar-refractivity contribution in [3.05, 3.63) is 54.1 Å². The summed E-state index contributed by atoms with van der Waals surface area (Å²) in [5, 5.41) is -0.337. The van der Waals surface area contributed by atoms with E-state index in [2.05, 4.69) is 15.6 Å². The summed E-state index contributed by atoms with van der Waals surface area (Å²) in [4.78, 5) is 4.05. The van der Waals surface area contributed by atoms with E-state index < -0.39 is 9.84 Å². The highest BCUT2D eigenvalue weighted by atomic mass is 32.2. The Balaban J connectivity index is 1.70. The van der Waals surface area contributed by atoms with Crippen LogP contribution in [0.5, 0.6) is 0 Å². The molecule has 0 bridgehead atoms. The first-order valence-corrected chi connectivity index (χ1v) is 9.72. The molecule has 22 heavy (non-hydrogen) atoms. The van der Waals surface area contributed by atoms with Gasteiger partial charge in [0.25, 0.3) is 0 Å². The van der Waals surface area contributed by atoms with Crippen LogP contribution in [0.3, 0.4) is 0 Å². The van der Waals surface area contributed by atoms with Crippen molar-refractivity contribution in [2.45, 2.75) is 37.5 Å². The van der Waals surface area contributed by atoms with Crippen LogP contribution in [0.4, 0.5) is 0 Å². The van der Waals surface area contributed by atoms with E-state index in [1.807, 2.05) is 30.7 Å². The van der Waals surface area contributed by atoms with Gasteiger partial charge in [0, 0.05) is 25.2 Å². The summed E-state index contributed by atoms with van der Waals surface area (Å²) in [6.07, 6.45) is 10.8. The Labute approximate surface area is 132 Å². The number of hydrogen-bond acceptors (Lipinski definition) is 3. The molecule has 2 atom stereocenters. The Morgan fingerprint density at radius 2 is 2.14 bits per heavy atom. The van der Waals surface area contributed by atoms with E-state index in [-0.39, 0.29) is 5.25 Å². The monoisotopic (exact) mass is 318 g/mol. The number of rotatable bonds is 5. The molecule has 0 aliphatic heterocycles. The number of aryl methyl sites for hydroxylation is 1. The van der Waals surface area contributed by atoms with E-state index in [4.69, 9.17) is 0 Å². The molecule has 1 aliphatic rings. The Kier molecular flexibility index (Phi) is 4.34. The smallest absolute Gasteiger partial charge is 0.154 e. The standard InChI is InChI=1S/C17H22N2O2S/c1-22(20,21)17-12-14(5-4-9-19-10-8-18-13-19)11-15-6-2-3-7-16(15)17/h2-3,6-8,10,13-14,17H,4-5,9,11-12H2,1H3/t14-,17?/m1/s1. The Morgan fingerprint density at radius 3 is 2.86 bits per heavy atom. The van der Waals surface area contributed by atoms with Gasteiger partial charge in [-0.1, -0.05) is 24.3 Å². The van der Waals surface area contributed by atoms with Gasteiger partial charge >= 0.3 is 0 Å². The van der Waals surface area contributed by atoms with Gasteiger partial charge in [-0.15, -0.1) is 0 Å². The van der Waals surface area contributed by atoms with Crippen molar-refractivity contribution in [1.29, 1.82) is 0 Å². The molecule has 0 N–H and O–H groups in total. The van der Waals surface area contributed by atoms with Gasteiger partial charge in [0.2, 0.25) is 0 Å². The van der Waals surface area contributed by atoms with Crippen molar-refractivity contribution in [2.24, 2.45) is 5.92 Å². The minimum Gasteiger partial charge on any atom is -0.337 e.